The summed E-state index contributed by atoms with van der Waals surface area (Å²) in [6.45, 7) is 5.07. The summed E-state index contributed by atoms with van der Waals surface area (Å²) >= 11 is 0. The summed E-state index contributed by atoms with van der Waals surface area (Å²) in [5, 5.41) is 6.47. The van der Waals surface area contributed by atoms with Gasteiger partial charge in [-0.1, -0.05) is 25.4 Å². The lowest BCUT2D eigenvalue weighted by Crippen LogP contribution is -2.46. The van der Waals surface area contributed by atoms with Crippen molar-refractivity contribution in [3.8, 4) is 0 Å². The molecule has 3 N–H and O–H groups in total. The Balaban J connectivity index is 3.86. The Morgan fingerprint density at radius 1 is 1.67 bits per heavy atom. The SMILES string of the molecule is CCC(C)C(NCCCN=[N+]=[N-])C(N)=O. The zero-order valence-electron chi connectivity index (χ0n) is 9.31. The van der Waals surface area contributed by atoms with Crippen molar-refractivity contribution in [2.75, 3.05) is 13.1 Å². The molecule has 0 aliphatic rings. The zero-order chi connectivity index (χ0) is 11.7. The van der Waals surface area contributed by atoms with E-state index in [2.05, 4.69) is 15.3 Å². The molecule has 2 unspecified atom stereocenters. The molecule has 6 heteroatoms. The fourth-order valence-electron chi connectivity index (χ4n) is 1.27. The number of azide groups is 1. The fraction of sp³-hybridized carbons (Fsp3) is 0.889. The number of nitrogens with one attached hydrogen (secondary N) is 1. The van der Waals surface area contributed by atoms with Gasteiger partial charge in [-0.3, -0.25) is 4.79 Å². The molecule has 15 heavy (non-hydrogen) atoms. The first kappa shape index (κ1) is 13.7. The lowest BCUT2D eigenvalue weighted by atomic mass is 9.98. The molecule has 0 heterocycles. The Morgan fingerprint density at radius 3 is 2.80 bits per heavy atom. The van der Waals surface area contributed by atoms with Crippen LogP contribution in [0.25, 0.3) is 10.4 Å². The number of hydrogen-bond donors (Lipinski definition) is 2. The molecule has 0 fully saturated rings. The average molecular weight is 213 g/mol. The zero-order valence-corrected chi connectivity index (χ0v) is 9.31. The van der Waals surface area contributed by atoms with Gasteiger partial charge < -0.3 is 11.1 Å². The van der Waals surface area contributed by atoms with Crippen molar-refractivity contribution in [1.82, 2.24) is 5.32 Å². The minimum Gasteiger partial charge on any atom is -0.368 e. The average Bonchev–Trinajstić information content (AvgIpc) is 2.22. The molecule has 6 nitrogen and oxygen atoms in total. The number of hydrogen-bond acceptors (Lipinski definition) is 3. The van der Waals surface area contributed by atoms with Crippen LogP contribution in [0.2, 0.25) is 0 Å². The molecule has 1 amide bonds. The van der Waals surface area contributed by atoms with Crippen LogP contribution < -0.4 is 11.1 Å². The maximum Gasteiger partial charge on any atom is 0.234 e. The Labute approximate surface area is 89.8 Å². The molecule has 0 aromatic rings. The van der Waals surface area contributed by atoms with E-state index in [9.17, 15) is 4.79 Å². The van der Waals surface area contributed by atoms with Crippen LogP contribution in [0.3, 0.4) is 0 Å². The first-order valence-electron chi connectivity index (χ1n) is 5.17. The van der Waals surface area contributed by atoms with E-state index in [-0.39, 0.29) is 17.9 Å². The quantitative estimate of drug-likeness (QED) is 0.273. The van der Waals surface area contributed by atoms with Crippen molar-refractivity contribution in [3.63, 3.8) is 0 Å². The van der Waals surface area contributed by atoms with Gasteiger partial charge in [-0.05, 0) is 24.4 Å². The van der Waals surface area contributed by atoms with Crippen LogP contribution in [0.5, 0.6) is 0 Å². The molecule has 86 valence electrons. The van der Waals surface area contributed by atoms with E-state index in [1.165, 1.54) is 0 Å². The van der Waals surface area contributed by atoms with Crippen molar-refractivity contribution in [2.45, 2.75) is 32.7 Å². The molecule has 0 bridgehead atoms. The highest BCUT2D eigenvalue weighted by Crippen LogP contribution is 2.06. The van der Waals surface area contributed by atoms with Gasteiger partial charge in [0.25, 0.3) is 0 Å². The van der Waals surface area contributed by atoms with Crippen molar-refractivity contribution in [1.29, 1.82) is 0 Å². The van der Waals surface area contributed by atoms with Crippen molar-refractivity contribution < 1.29 is 4.79 Å². The van der Waals surface area contributed by atoms with E-state index in [0.29, 0.717) is 19.5 Å². The molecule has 0 spiro atoms. The molecule has 2 atom stereocenters. The molecule has 0 aromatic carbocycles. The van der Waals surface area contributed by atoms with Crippen molar-refractivity contribution in [3.05, 3.63) is 10.4 Å². The molecular weight excluding hydrogens is 194 g/mol. The van der Waals surface area contributed by atoms with Crippen LogP contribution in [0.4, 0.5) is 0 Å². The minimum atomic E-state index is -0.326. The predicted octanol–water partition coefficient (Wildman–Crippen LogP) is 1.18. The minimum absolute atomic E-state index is 0.224. The topological polar surface area (TPSA) is 104 Å². The predicted molar refractivity (Wildman–Crippen MR) is 59.1 cm³/mol. The molecule has 0 saturated heterocycles. The summed E-state index contributed by atoms with van der Waals surface area (Å²) in [7, 11) is 0. The molecule has 0 saturated carbocycles. The number of nitrogens with zero attached hydrogens (tertiary/aromatic N) is 3. The van der Waals surface area contributed by atoms with E-state index < -0.39 is 0 Å². The van der Waals surface area contributed by atoms with E-state index in [1.807, 2.05) is 13.8 Å². The van der Waals surface area contributed by atoms with Crippen LogP contribution in [0.15, 0.2) is 5.11 Å². The first-order valence-corrected chi connectivity index (χ1v) is 5.17. The summed E-state index contributed by atoms with van der Waals surface area (Å²) in [4.78, 5) is 13.7. The standard InChI is InChI=1S/C9H19N5O/c1-3-7(2)8(9(10)15)12-5-4-6-13-14-11/h7-8,12H,3-6H2,1-2H3,(H2,10,15). The van der Waals surface area contributed by atoms with Crippen molar-refractivity contribution >= 4 is 5.91 Å². The Morgan fingerprint density at radius 2 is 2.33 bits per heavy atom. The highest BCUT2D eigenvalue weighted by atomic mass is 16.1. The van der Waals surface area contributed by atoms with Crippen LogP contribution >= 0.6 is 0 Å². The smallest absolute Gasteiger partial charge is 0.234 e. The third-order valence-corrected chi connectivity index (χ3v) is 2.38. The van der Waals surface area contributed by atoms with Gasteiger partial charge in [0.05, 0.1) is 6.04 Å². The number of rotatable bonds is 8. The van der Waals surface area contributed by atoms with E-state index in [4.69, 9.17) is 11.3 Å². The summed E-state index contributed by atoms with van der Waals surface area (Å²) in [6.07, 6.45) is 1.61. The van der Waals surface area contributed by atoms with E-state index in [0.717, 1.165) is 6.42 Å². The van der Waals surface area contributed by atoms with Crippen LogP contribution in [-0.4, -0.2) is 25.0 Å². The lowest BCUT2D eigenvalue weighted by molar-refractivity contribution is -0.121. The van der Waals surface area contributed by atoms with Gasteiger partial charge in [-0.2, -0.15) is 0 Å². The third kappa shape index (κ3) is 5.93. The van der Waals surface area contributed by atoms with Gasteiger partial charge in [-0.25, -0.2) is 0 Å². The number of primary amides is 1. The Bertz CT molecular complexity index is 237. The molecule has 0 aliphatic carbocycles. The Hall–Kier alpha value is -1.26. The largest absolute Gasteiger partial charge is 0.368 e. The van der Waals surface area contributed by atoms with Crippen molar-refractivity contribution in [2.24, 2.45) is 16.8 Å². The van der Waals surface area contributed by atoms with Crippen LogP contribution in [0.1, 0.15) is 26.7 Å². The summed E-state index contributed by atoms with van der Waals surface area (Å²) in [5.41, 5.74) is 13.3. The molecule has 0 radical (unpaired) electrons. The van der Waals surface area contributed by atoms with E-state index in [1.54, 1.807) is 0 Å². The number of nitrogens with two attached hydrogens (primary N) is 1. The molecular formula is C9H19N5O. The maximum atomic E-state index is 11.1. The fourth-order valence-corrected chi connectivity index (χ4v) is 1.27. The van der Waals surface area contributed by atoms with Gasteiger partial charge in [-0.15, -0.1) is 0 Å². The second kappa shape index (κ2) is 8.08. The summed E-state index contributed by atoms with van der Waals surface area (Å²) in [5.74, 6) is -0.102. The highest BCUT2D eigenvalue weighted by Gasteiger charge is 2.19. The van der Waals surface area contributed by atoms with Gasteiger partial charge in [0, 0.05) is 11.5 Å². The molecule has 0 aromatic heterocycles. The second-order valence-electron chi connectivity index (χ2n) is 3.53. The lowest BCUT2D eigenvalue weighted by Gasteiger charge is -2.20. The highest BCUT2D eigenvalue weighted by molar-refractivity contribution is 5.80. The van der Waals surface area contributed by atoms with Gasteiger partial charge in [0.15, 0.2) is 0 Å². The Kier molecular flexibility index (Phi) is 7.40. The monoisotopic (exact) mass is 213 g/mol. The first-order chi connectivity index (χ1) is 7.13. The van der Waals surface area contributed by atoms with Gasteiger partial charge in [0.2, 0.25) is 5.91 Å². The van der Waals surface area contributed by atoms with Crippen LogP contribution in [-0.2, 0) is 4.79 Å². The van der Waals surface area contributed by atoms with Crippen LogP contribution in [0, 0.1) is 5.92 Å². The molecule has 0 aliphatic heterocycles. The number of carbonyl (C=O) groups excluding carboxylic acids is 1. The van der Waals surface area contributed by atoms with Gasteiger partial charge in [0.1, 0.15) is 0 Å². The second-order valence-corrected chi connectivity index (χ2v) is 3.53. The number of carbonyl (C=O) groups is 1. The van der Waals surface area contributed by atoms with Gasteiger partial charge >= 0.3 is 0 Å². The molecule has 0 rings (SSSR count). The van der Waals surface area contributed by atoms with E-state index >= 15 is 0 Å². The third-order valence-electron chi connectivity index (χ3n) is 2.38. The maximum absolute atomic E-state index is 11.1. The number of amides is 1. The summed E-state index contributed by atoms with van der Waals surface area (Å²) < 4.78 is 0. The summed E-state index contributed by atoms with van der Waals surface area (Å²) in [6, 6.07) is -0.291. The normalized spacial score (nSPS) is 14.0.